The Kier molecular flexibility index (Phi) is 3.33. The summed E-state index contributed by atoms with van der Waals surface area (Å²) in [6.07, 6.45) is 1.49. The lowest BCUT2D eigenvalue weighted by Crippen LogP contribution is -2.25. The van der Waals surface area contributed by atoms with E-state index in [1.807, 2.05) is 31.2 Å². The molecule has 0 spiro atoms. The van der Waals surface area contributed by atoms with Crippen LogP contribution in [0.3, 0.4) is 0 Å². The summed E-state index contributed by atoms with van der Waals surface area (Å²) in [6.45, 7) is 2.01. The predicted molar refractivity (Wildman–Crippen MR) is 70.3 cm³/mol. The fourth-order valence-electron chi connectivity index (χ4n) is 1.51. The number of carbonyl (C=O) groups excluding carboxylic acids is 1. The molecule has 0 N–H and O–H groups in total. The Morgan fingerprint density at radius 2 is 1.88 bits per heavy atom. The highest BCUT2D eigenvalue weighted by Crippen LogP contribution is 2.22. The monoisotopic (exact) mass is 293 g/mol. The molecule has 0 fully saturated rings. The average molecular weight is 294 g/mol. The maximum absolute atomic E-state index is 12.1. The molecule has 1 heterocycles. The second-order valence-electron chi connectivity index (χ2n) is 3.81. The van der Waals surface area contributed by atoms with Gasteiger partial charge in [-0.15, -0.1) is 0 Å². The molecule has 2 rings (SSSR count). The molecule has 0 atom stereocenters. The van der Waals surface area contributed by atoms with Crippen LogP contribution in [0.25, 0.3) is 0 Å². The van der Waals surface area contributed by atoms with Crippen LogP contribution in [0.4, 0.5) is 5.69 Å². The van der Waals surface area contributed by atoms with E-state index in [9.17, 15) is 4.79 Å². The first kappa shape index (κ1) is 11.9. The molecular formula is C13H12BrNO2. The lowest BCUT2D eigenvalue weighted by molar-refractivity contribution is 0.0991. The largest absolute Gasteiger partial charge is 0.457 e. The highest BCUT2D eigenvalue weighted by molar-refractivity contribution is 9.10. The first-order chi connectivity index (χ1) is 8.09. The van der Waals surface area contributed by atoms with Crippen molar-refractivity contribution >= 4 is 27.5 Å². The number of anilines is 1. The van der Waals surface area contributed by atoms with Crippen molar-refractivity contribution in [1.29, 1.82) is 0 Å². The zero-order valence-electron chi connectivity index (χ0n) is 9.61. The Morgan fingerprint density at radius 1 is 1.24 bits per heavy atom. The van der Waals surface area contributed by atoms with Crippen LogP contribution in [-0.2, 0) is 0 Å². The van der Waals surface area contributed by atoms with Crippen molar-refractivity contribution in [3.8, 4) is 0 Å². The molecule has 1 amide bonds. The number of hydrogen-bond acceptors (Lipinski definition) is 2. The minimum atomic E-state index is -0.102. The van der Waals surface area contributed by atoms with E-state index in [1.165, 1.54) is 11.8 Å². The number of rotatable bonds is 2. The highest BCUT2D eigenvalue weighted by atomic mass is 79.9. The van der Waals surface area contributed by atoms with Gasteiger partial charge in [-0.1, -0.05) is 17.7 Å². The lowest BCUT2D eigenvalue weighted by Gasteiger charge is -2.16. The molecule has 3 nitrogen and oxygen atoms in total. The van der Waals surface area contributed by atoms with Crippen LogP contribution >= 0.6 is 15.9 Å². The number of benzene rings is 1. The maximum Gasteiger partial charge on any atom is 0.262 e. The molecule has 0 saturated carbocycles. The van der Waals surface area contributed by atoms with Gasteiger partial charge in [0.1, 0.15) is 0 Å². The summed E-state index contributed by atoms with van der Waals surface area (Å²) >= 11 is 3.21. The highest BCUT2D eigenvalue weighted by Gasteiger charge is 2.17. The smallest absolute Gasteiger partial charge is 0.262 e. The number of hydrogen-bond donors (Lipinski definition) is 0. The molecule has 0 bridgehead atoms. The van der Waals surface area contributed by atoms with E-state index in [-0.39, 0.29) is 5.91 Å². The van der Waals surface area contributed by atoms with Crippen molar-refractivity contribution in [2.75, 3.05) is 11.9 Å². The number of aryl methyl sites for hydroxylation is 1. The Labute approximate surface area is 108 Å². The third-order valence-electron chi connectivity index (χ3n) is 2.57. The van der Waals surface area contributed by atoms with Crippen LogP contribution in [0.15, 0.2) is 45.7 Å². The van der Waals surface area contributed by atoms with Crippen LogP contribution in [0.2, 0.25) is 0 Å². The van der Waals surface area contributed by atoms with E-state index in [0.717, 1.165) is 5.69 Å². The Morgan fingerprint density at radius 3 is 2.41 bits per heavy atom. The van der Waals surface area contributed by atoms with Crippen LogP contribution in [0.5, 0.6) is 0 Å². The normalized spacial score (nSPS) is 10.3. The van der Waals surface area contributed by atoms with Crippen molar-refractivity contribution in [1.82, 2.24) is 0 Å². The summed E-state index contributed by atoms with van der Waals surface area (Å²) in [5.74, 6) is -0.102. The van der Waals surface area contributed by atoms with Gasteiger partial charge in [0.2, 0.25) is 0 Å². The zero-order valence-corrected chi connectivity index (χ0v) is 11.2. The van der Waals surface area contributed by atoms with Gasteiger partial charge in [-0.25, -0.2) is 0 Å². The SMILES string of the molecule is Cc1ccc(N(C)C(=O)c2ccoc2Br)cc1. The molecule has 0 aliphatic heterocycles. The second-order valence-corrected chi connectivity index (χ2v) is 4.53. The van der Waals surface area contributed by atoms with Gasteiger partial charge in [0.15, 0.2) is 4.67 Å². The third kappa shape index (κ3) is 2.42. The quantitative estimate of drug-likeness (QED) is 0.847. The van der Waals surface area contributed by atoms with E-state index in [4.69, 9.17) is 4.42 Å². The van der Waals surface area contributed by atoms with E-state index in [0.29, 0.717) is 10.2 Å². The fourth-order valence-corrected chi connectivity index (χ4v) is 1.92. The minimum absolute atomic E-state index is 0.102. The van der Waals surface area contributed by atoms with Gasteiger partial charge in [0, 0.05) is 12.7 Å². The van der Waals surface area contributed by atoms with Crippen molar-refractivity contribution < 1.29 is 9.21 Å². The van der Waals surface area contributed by atoms with Crippen LogP contribution in [0, 0.1) is 6.92 Å². The van der Waals surface area contributed by atoms with Gasteiger partial charge < -0.3 is 9.32 Å². The van der Waals surface area contributed by atoms with Gasteiger partial charge in [-0.2, -0.15) is 0 Å². The summed E-state index contributed by atoms with van der Waals surface area (Å²) in [5, 5.41) is 0. The first-order valence-electron chi connectivity index (χ1n) is 5.17. The molecular weight excluding hydrogens is 282 g/mol. The molecule has 0 aliphatic rings. The Bertz CT molecular complexity index is 531. The summed E-state index contributed by atoms with van der Waals surface area (Å²) in [5.41, 5.74) is 2.54. The molecule has 2 aromatic rings. The first-order valence-corrected chi connectivity index (χ1v) is 5.96. The summed E-state index contributed by atoms with van der Waals surface area (Å²) in [7, 11) is 1.74. The second kappa shape index (κ2) is 4.75. The summed E-state index contributed by atoms with van der Waals surface area (Å²) < 4.78 is 5.52. The fraction of sp³-hybridized carbons (Fsp3) is 0.154. The van der Waals surface area contributed by atoms with Crippen molar-refractivity contribution in [2.45, 2.75) is 6.92 Å². The number of halogens is 1. The van der Waals surface area contributed by atoms with Crippen LogP contribution in [0.1, 0.15) is 15.9 Å². The number of nitrogens with zero attached hydrogens (tertiary/aromatic N) is 1. The standard InChI is InChI=1S/C13H12BrNO2/c1-9-3-5-10(6-4-9)15(2)13(16)11-7-8-17-12(11)14/h3-8H,1-2H3. The zero-order chi connectivity index (χ0) is 12.4. The molecule has 1 aromatic carbocycles. The molecule has 1 aromatic heterocycles. The molecule has 0 aliphatic carbocycles. The van der Waals surface area contributed by atoms with Gasteiger partial charge in [0.05, 0.1) is 11.8 Å². The summed E-state index contributed by atoms with van der Waals surface area (Å²) in [6, 6.07) is 9.44. The third-order valence-corrected chi connectivity index (χ3v) is 3.19. The number of carbonyl (C=O) groups is 1. The maximum atomic E-state index is 12.1. The molecule has 0 radical (unpaired) electrons. The number of amides is 1. The van der Waals surface area contributed by atoms with Gasteiger partial charge in [0.25, 0.3) is 5.91 Å². The topological polar surface area (TPSA) is 33.5 Å². The van der Waals surface area contributed by atoms with Crippen molar-refractivity contribution in [3.63, 3.8) is 0 Å². The average Bonchev–Trinajstić information content (AvgIpc) is 2.74. The van der Waals surface area contributed by atoms with Crippen LogP contribution < -0.4 is 4.90 Å². The van der Waals surface area contributed by atoms with Gasteiger partial charge in [-0.05, 0) is 41.1 Å². The Hall–Kier alpha value is -1.55. The Balaban J connectivity index is 2.26. The van der Waals surface area contributed by atoms with Gasteiger partial charge >= 0.3 is 0 Å². The van der Waals surface area contributed by atoms with Crippen molar-refractivity contribution in [2.24, 2.45) is 0 Å². The van der Waals surface area contributed by atoms with Crippen molar-refractivity contribution in [3.05, 3.63) is 52.4 Å². The van der Waals surface area contributed by atoms with E-state index in [2.05, 4.69) is 15.9 Å². The van der Waals surface area contributed by atoms with E-state index >= 15 is 0 Å². The van der Waals surface area contributed by atoms with Gasteiger partial charge in [-0.3, -0.25) is 4.79 Å². The molecule has 0 unspecified atom stereocenters. The van der Waals surface area contributed by atoms with E-state index in [1.54, 1.807) is 18.0 Å². The van der Waals surface area contributed by atoms with E-state index < -0.39 is 0 Å². The number of furan rings is 1. The molecule has 17 heavy (non-hydrogen) atoms. The lowest BCUT2D eigenvalue weighted by atomic mass is 10.2. The van der Waals surface area contributed by atoms with Crippen LogP contribution in [-0.4, -0.2) is 13.0 Å². The summed E-state index contributed by atoms with van der Waals surface area (Å²) in [4.78, 5) is 13.7. The molecule has 4 heteroatoms. The minimum Gasteiger partial charge on any atom is -0.457 e. The molecule has 88 valence electrons. The molecule has 0 saturated heterocycles. The predicted octanol–water partition coefficient (Wildman–Crippen LogP) is 3.63.